The summed E-state index contributed by atoms with van der Waals surface area (Å²) in [7, 11) is 1.66. The first-order valence-corrected chi connectivity index (χ1v) is 10.9. The van der Waals surface area contributed by atoms with Gasteiger partial charge in [-0.3, -0.25) is 15.0 Å². The average molecular weight is 448 g/mol. The zero-order chi connectivity index (χ0) is 22.9. The van der Waals surface area contributed by atoms with Gasteiger partial charge in [-0.25, -0.2) is 9.37 Å². The van der Waals surface area contributed by atoms with Gasteiger partial charge in [0.25, 0.3) is 0 Å². The van der Waals surface area contributed by atoms with E-state index in [1.807, 2.05) is 42.0 Å². The van der Waals surface area contributed by atoms with Crippen LogP contribution in [-0.4, -0.2) is 53.2 Å². The lowest BCUT2D eigenvalue weighted by molar-refractivity contribution is 0.157. The van der Waals surface area contributed by atoms with Gasteiger partial charge in [0.1, 0.15) is 18.2 Å². The number of fused-ring (bicyclic) bond motifs is 1. The molecule has 7 nitrogen and oxygen atoms in total. The van der Waals surface area contributed by atoms with Crippen LogP contribution >= 0.6 is 0 Å². The molecule has 33 heavy (non-hydrogen) atoms. The van der Waals surface area contributed by atoms with Gasteiger partial charge >= 0.3 is 0 Å². The van der Waals surface area contributed by atoms with Crippen LogP contribution in [0, 0.1) is 12.7 Å². The Hall–Kier alpha value is -3.81. The average Bonchev–Trinajstić information content (AvgIpc) is 3.25. The van der Waals surface area contributed by atoms with Crippen LogP contribution in [0.3, 0.4) is 0 Å². The van der Waals surface area contributed by atoms with Gasteiger partial charge in [-0.15, -0.1) is 0 Å². The number of rotatable bonds is 4. The number of imidazole rings is 1. The minimum atomic E-state index is -0.247. The summed E-state index contributed by atoms with van der Waals surface area (Å²) in [4.78, 5) is 9.18. The molecule has 2 aliphatic heterocycles. The number of aryl methyl sites for hydroxylation is 1. The molecule has 2 aliphatic rings. The number of ether oxygens (including phenoxy) is 2. The van der Waals surface area contributed by atoms with Gasteiger partial charge in [0.15, 0.2) is 11.6 Å². The molecule has 0 N–H and O–H groups in total. The number of amidine groups is 1. The van der Waals surface area contributed by atoms with Gasteiger partial charge in [0, 0.05) is 6.20 Å². The summed E-state index contributed by atoms with van der Waals surface area (Å²) in [6, 6.07) is 12.6. The molecule has 170 valence electrons. The van der Waals surface area contributed by atoms with E-state index in [0.717, 1.165) is 40.8 Å². The van der Waals surface area contributed by atoms with E-state index in [1.165, 1.54) is 12.1 Å². The lowest BCUT2D eigenvalue weighted by Crippen LogP contribution is -2.57. The minimum Gasteiger partial charge on any atom is -0.495 e. The van der Waals surface area contributed by atoms with E-state index < -0.39 is 0 Å². The summed E-state index contributed by atoms with van der Waals surface area (Å²) >= 11 is 0. The van der Waals surface area contributed by atoms with Crippen molar-refractivity contribution in [3.8, 4) is 11.4 Å². The molecule has 0 aliphatic carbocycles. The molecule has 0 bridgehead atoms. The van der Waals surface area contributed by atoms with Crippen molar-refractivity contribution in [3.05, 3.63) is 77.8 Å². The monoisotopic (exact) mass is 447 g/mol. The summed E-state index contributed by atoms with van der Waals surface area (Å²) in [5, 5.41) is 4.26. The van der Waals surface area contributed by atoms with Gasteiger partial charge < -0.3 is 14.0 Å². The molecular weight excluding hydrogens is 421 g/mol. The van der Waals surface area contributed by atoms with E-state index in [4.69, 9.17) is 14.5 Å². The highest BCUT2D eigenvalue weighted by Crippen LogP contribution is 2.29. The number of nitrogens with zero attached hydrogens (tertiary/aromatic N) is 5. The molecule has 3 heterocycles. The number of halogens is 1. The summed E-state index contributed by atoms with van der Waals surface area (Å²) in [6.45, 7) is 5.94. The molecule has 0 radical (unpaired) electrons. The number of benzene rings is 2. The van der Waals surface area contributed by atoms with Crippen molar-refractivity contribution in [2.45, 2.75) is 19.9 Å². The fraction of sp³-hybridized carbons (Fsp3) is 0.280. The fourth-order valence-corrected chi connectivity index (χ4v) is 4.17. The lowest BCUT2D eigenvalue weighted by Gasteiger charge is -2.45. The van der Waals surface area contributed by atoms with Crippen molar-refractivity contribution in [2.24, 2.45) is 4.99 Å². The summed E-state index contributed by atoms with van der Waals surface area (Å²) in [6.07, 6.45) is 5.72. The number of hydrazine groups is 1. The topological polar surface area (TPSA) is 55.1 Å². The molecule has 3 aromatic rings. The summed E-state index contributed by atoms with van der Waals surface area (Å²) < 4.78 is 27.1. The number of aromatic nitrogens is 2. The normalized spacial score (nSPS) is 19.2. The van der Waals surface area contributed by atoms with Crippen LogP contribution in [0.15, 0.2) is 65.7 Å². The molecule has 5 rings (SSSR count). The van der Waals surface area contributed by atoms with Crippen LogP contribution < -0.4 is 9.75 Å². The molecule has 2 aromatic carbocycles. The second-order valence-corrected chi connectivity index (χ2v) is 8.19. The Morgan fingerprint density at radius 3 is 2.70 bits per heavy atom. The van der Waals surface area contributed by atoms with Crippen LogP contribution in [0.2, 0.25) is 0 Å². The molecule has 0 amide bonds. The molecule has 1 unspecified atom stereocenters. The van der Waals surface area contributed by atoms with Crippen LogP contribution in [-0.2, 0) is 4.74 Å². The highest BCUT2D eigenvalue weighted by Gasteiger charge is 2.33. The summed E-state index contributed by atoms with van der Waals surface area (Å²) in [5.41, 5.74) is 3.73. The SMILES string of the molecule is COc1cc(/C=C2\OCCN3C2=NC(C)CN3c2ccc(F)cc2)ccc1-n1cnc(C)c1. The van der Waals surface area contributed by atoms with Crippen LogP contribution in [0.4, 0.5) is 10.1 Å². The van der Waals surface area contributed by atoms with Crippen molar-refractivity contribution in [1.82, 2.24) is 14.6 Å². The first-order chi connectivity index (χ1) is 16.0. The minimum absolute atomic E-state index is 0.0628. The molecule has 1 aromatic heterocycles. The van der Waals surface area contributed by atoms with Gasteiger partial charge in [-0.1, -0.05) is 6.07 Å². The molecule has 1 fully saturated rings. The van der Waals surface area contributed by atoms with Gasteiger partial charge in [0.05, 0.1) is 49.6 Å². The Bertz CT molecular complexity index is 1220. The molecule has 0 spiro atoms. The number of aliphatic imine (C=N–C) groups is 1. The second kappa shape index (κ2) is 8.61. The zero-order valence-electron chi connectivity index (χ0n) is 18.9. The van der Waals surface area contributed by atoms with E-state index in [9.17, 15) is 4.39 Å². The van der Waals surface area contributed by atoms with Crippen molar-refractivity contribution < 1.29 is 13.9 Å². The van der Waals surface area contributed by atoms with E-state index in [1.54, 1.807) is 25.6 Å². The first kappa shape index (κ1) is 21.1. The maximum Gasteiger partial charge on any atom is 0.186 e. The van der Waals surface area contributed by atoms with Crippen molar-refractivity contribution in [2.75, 3.05) is 31.8 Å². The summed E-state index contributed by atoms with van der Waals surface area (Å²) in [5.74, 6) is 1.97. The van der Waals surface area contributed by atoms with Crippen molar-refractivity contribution in [3.63, 3.8) is 0 Å². The number of hydrogen-bond donors (Lipinski definition) is 0. The molecular formula is C25H26FN5O2. The van der Waals surface area contributed by atoms with Crippen LogP contribution in [0.25, 0.3) is 11.8 Å². The maximum absolute atomic E-state index is 13.5. The Kier molecular flexibility index (Phi) is 5.50. The smallest absolute Gasteiger partial charge is 0.186 e. The van der Waals surface area contributed by atoms with Gasteiger partial charge in [0.2, 0.25) is 0 Å². The standard InChI is InChI=1S/C25H26FN5O2/c1-17-14-29(16-27-17)22-9-4-19(12-23(22)32-3)13-24-25-28-18(2)15-31(30(25)10-11-33-24)21-7-5-20(26)6-8-21/h4-9,12-14,16,18H,10-11,15H2,1-3H3/b24-13-. The van der Waals surface area contributed by atoms with E-state index >= 15 is 0 Å². The van der Waals surface area contributed by atoms with Crippen molar-refractivity contribution >= 4 is 17.6 Å². The Labute approximate surface area is 192 Å². The van der Waals surface area contributed by atoms with Gasteiger partial charge in [-0.2, -0.15) is 0 Å². The maximum atomic E-state index is 13.5. The predicted molar refractivity (Wildman–Crippen MR) is 126 cm³/mol. The third-order valence-electron chi connectivity index (χ3n) is 5.71. The Morgan fingerprint density at radius 2 is 1.97 bits per heavy atom. The molecule has 1 atom stereocenters. The van der Waals surface area contributed by atoms with Crippen LogP contribution in [0.1, 0.15) is 18.2 Å². The fourth-order valence-electron chi connectivity index (χ4n) is 4.17. The number of methoxy groups -OCH3 is 1. The van der Waals surface area contributed by atoms with E-state index in [2.05, 4.69) is 21.9 Å². The Balaban J connectivity index is 1.48. The highest BCUT2D eigenvalue weighted by atomic mass is 19.1. The first-order valence-electron chi connectivity index (χ1n) is 10.9. The number of hydrogen-bond acceptors (Lipinski definition) is 6. The molecule has 1 saturated heterocycles. The highest BCUT2D eigenvalue weighted by molar-refractivity contribution is 6.02. The Morgan fingerprint density at radius 1 is 1.15 bits per heavy atom. The van der Waals surface area contributed by atoms with E-state index in [-0.39, 0.29) is 11.9 Å². The lowest BCUT2D eigenvalue weighted by atomic mass is 10.1. The predicted octanol–water partition coefficient (Wildman–Crippen LogP) is 4.22. The van der Waals surface area contributed by atoms with Crippen LogP contribution in [0.5, 0.6) is 5.75 Å². The number of morpholine rings is 1. The third-order valence-corrected chi connectivity index (χ3v) is 5.71. The van der Waals surface area contributed by atoms with E-state index in [0.29, 0.717) is 18.9 Å². The van der Waals surface area contributed by atoms with Crippen molar-refractivity contribution in [1.29, 1.82) is 0 Å². The zero-order valence-corrected chi connectivity index (χ0v) is 18.9. The molecule has 0 saturated carbocycles. The number of anilines is 1. The largest absolute Gasteiger partial charge is 0.495 e. The second-order valence-electron chi connectivity index (χ2n) is 8.19. The van der Waals surface area contributed by atoms with Gasteiger partial charge in [-0.05, 0) is 61.9 Å². The quantitative estimate of drug-likeness (QED) is 0.599. The molecule has 8 heteroatoms. The third kappa shape index (κ3) is 4.16.